The lowest BCUT2D eigenvalue weighted by atomic mass is 10.1. The molecule has 2 aromatic carbocycles. The van der Waals surface area contributed by atoms with Gasteiger partial charge in [0.15, 0.2) is 0 Å². The molecule has 1 saturated heterocycles. The molecule has 0 N–H and O–H groups in total. The number of alkyl halides is 1. The third kappa shape index (κ3) is 4.17. The molecule has 3 aromatic rings. The summed E-state index contributed by atoms with van der Waals surface area (Å²) in [6, 6.07) is 19.5. The second-order valence-corrected chi connectivity index (χ2v) is 7.50. The van der Waals surface area contributed by atoms with Crippen LogP contribution in [0.1, 0.15) is 18.9 Å². The molecular weight excluding hydrogens is 349 g/mol. The number of anilines is 1. The molecule has 146 valence electrons. The van der Waals surface area contributed by atoms with Gasteiger partial charge in [0.25, 0.3) is 0 Å². The van der Waals surface area contributed by atoms with Gasteiger partial charge >= 0.3 is 0 Å². The third-order valence-corrected chi connectivity index (χ3v) is 5.67. The van der Waals surface area contributed by atoms with Gasteiger partial charge in [0.05, 0.1) is 17.9 Å². The maximum atomic E-state index is 12.3. The average Bonchev–Trinajstić information content (AvgIpc) is 2.77. The molecule has 28 heavy (non-hydrogen) atoms. The molecule has 0 amide bonds. The Morgan fingerprint density at radius 3 is 2.43 bits per heavy atom. The number of rotatable bonds is 6. The molecule has 1 aliphatic rings. The van der Waals surface area contributed by atoms with E-state index >= 15 is 0 Å². The van der Waals surface area contributed by atoms with Crippen molar-refractivity contribution in [1.29, 1.82) is 0 Å². The highest BCUT2D eigenvalue weighted by atomic mass is 19.1. The number of aryl methyl sites for hydroxylation is 1. The second-order valence-electron chi connectivity index (χ2n) is 7.50. The number of hydrogen-bond acceptors (Lipinski definition) is 3. The first-order valence-corrected chi connectivity index (χ1v) is 10.3. The number of aromatic nitrogens is 1. The van der Waals surface area contributed by atoms with Gasteiger partial charge in [0.2, 0.25) is 0 Å². The van der Waals surface area contributed by atoms with E-state index in [2.05, 4.69) is 71.3 Å². The number of benzene rings is 2. The molecule has 0 aliphatic carbocycles. The van der Waals surface area contributed by atoms with E-state index in [4.69, 9.17) is 4.98 Å². The average molecular weight is 378 g/mol. The zero-order valence-corrected chi connectivity index (χ0v) is 16.6. The van der Waals surface area contributed by atoms with E-state index in [0.717, 1.165) is 55.9 Å². The molecule has 1 fully saturated rings. The van der Waals surface area contributed by atoms with Gasteiger partial charge in [-0.3, -0.25) is 9.29 Å². The summed E-state index contributed by atoms with van der Waals surface area (Å²) in [5.41, 5.74) is 5.80. The minimum absolute atomic E-state index is 0.218. The van der Waals surface area contributed by atoms with E-state index in [1.54, 1.807) is 0 Å². The standard InChI is InChI=1S/C24H28FN3/c1-2-19-4-10-24-21(18-19)7-11-23(26-24)20-5-8-22(9-6-20)28-16-14-27(15-17-28)13-3-12-25/h4-11,18H,2-3,12-17H2,1H3. The van der Waals surface area contributed by atoms with Crippen molar-refractivity contribution in [3.05, 3.63) is 60.2 Å². The zero-order valence-electron chi connectivity index (χ0n) is 16.6. The minimum atomic E-state index is -0.218. The van der Waals surface area contributed by atoms with E-state index in [1.807, 2.05) is 0 Å². The van der Waals surface area contributed by atoms with Crippen molar-refractivity contribution in [2.45, 2.75) is 19.8 Å². The molecule has 1 aromatic heterocycles. The molecule has 1 aliphatic heterocycles. The Morgan fingerprint density at radius 2 is 1.71 bits per heavy atom. The Hall–Kier alpha value is -2.46. The van der Waals surface area contributed by atoms with Crippen LogP contribution in [0, 0.1) is 0 Å². The molecule has 4 rings (SSSR count). The summed E-state index contributed by atoms with van der Waals surface area (Å²) >= 11 is 0. The van der Waals surface area contributed by atoms with E-state index in [0.29, 0.717) is 6.42 Å². The predicted octanol–water partition coefficient (Wildman–Crippen LogP) is 4.95. The predicted molar refractivity (Wildman–Crippen MR) is 116 cm³/mol. The van der Waals surface area contributed by atoms with Crippen molar-refractivity contribution in [3.8, 4) is 11.3 Å². The van der Waals surface area contributed by atoms with Gasteiger partial charge in [-0.15, -0.1) is 0 Å². The number of nitrogens with zero attached hydrogens (tertiary/aromatic N) is 3. The minimum Gasteiger partial charge on any atom is -0.369 e. The fourth-order valence-corrected chi connectivity index (χ4v) is 3.91. The van der Waals surface area contributed by atoms with E-state index in [9.17, 15) is 4.39 Å². The Labute approximate surface area is 166 Å². The fraction of sp³-hybridized carbons (Fsp3) is 0.375. The number of piperazine rings is 1. The number of hydrogen-bond donors (Lipinski definition) is 0. The Kier molecular flexibility index (Phi) is 5.87. The van der Waals surface area contributed by atoms with E-state index in [1.165, 1.54) is 16.6 Å². The van der Waals surface area contributed by atoms with Gasteiger partial charge in [-0.2, -0.15) is 0 Å². The Bertz CT molecular complexity index is 915. The number of pyridine rings is 1. The van der Waals surface area contributed by atoms with Gasteiger partial charge in [-0.1, -0.05) is 31.2 Å². The smallest absolute Gasteiger partial charge is 0.0906 e. The molecule has 0 unspecified atom stereocenters. The van der Waals surface area contributed by atoms with Gasteiger partial charge in [-0.05, 0) is 48.7 Å². The van der Waals surface area contributed by atoms with Gasteiger partial charge < -0.3 is 4.90 Å². The molecule has 0 bridgehead atoms. The van der Waals surface area contributed by atoms with Crippen molar-refractivity contribution in [2.75, 3.05) is 44.3 Å². The first kappa shape index (κ1) is 18.9. The van der Waals surface area contributed by atoms with Gasteiger partial charge in [-0.25, -0.2) is 4.98 Å². The lowest BCUT2D eigenvalue weighted by molar-refractivity contribution is 0.245. The van der Waals surface area contributed by atoms with Crippen LogP contribution in [0.3, 0.4) is 0 Å². The highest BCUT2D eigenvalue weighted by molar-refractivity contribution is 5.82. The highest BCUT2D eigenvalue weighted by Gasteiger charge is 2.16. The lowest BCUT2D eigenvalue weighted by Gasteiger charge is -2.36. The quantitative estimate of drug-likeness (QED) is 0.606. The van der Waals surface area contributed by atoms with Crippen molar-refractivity contribution in [2.24, 2.45) is 0 Å². The van der Waals surface area contributed by atoms with Crippen LogP contribution in [-0.2, 0) is 6.42 Å². The molecule has 0 atom stereocenters. The van der Waals surface area contributed by atoms with Gasteiger partial charge in [0, 0.05) is 49.4 Å². The molecule has 0 spiro atoms. The lowest BCUT2D eigenvalue weighted by Crippen LogP contribution is -2.46. The van der Waals surface area contributed by atoms with Crippen LogP contribution in [0.4, 0.5) is 10.1 Å². The zero-order chi connectivity index (χ0) is 19.3. The first-order valence-electron chi connectivity index (χ1n) is 10.3. The largest absolute Gasteiger partial charge is 0.369 e. The summed E-state index contributed by atoms with van der Waals surface area (Å²) in [6.45, 7) is 6.84. The number of halogens is 1. The first-order chi connectivity index (χ1) is 13.8. The highest BCUT2D eigenvalue weighted by Crippen LogP contribution is 2.25. The summed E-state index contributed by atoms with van der Waals surface area (Å²) in [6.07, 6.45) is 1.69. The maximum absolute atomic E-state index is 12.3. The molecular formula is C24H28FN3. The van der Waals surface area contributed by atoms with Crippen LogP contribution >= 0.6 is 0 Å². The van der Waals surface area contributed by atoms with Crippen molar-refractivity contribution in [3.63, 3.8) is 0 Å². The monoisotopic (exact) mass is 377 g/mol. The van der Waals surface area contributed by atoms with Crippen LogP contribution in [0.15, 0.2) is 54.6 Å². The summed E-state index contributed by atoms with van der Waals surface area (Å²) in [7, 11) is 0. The van der Waals surface area contributed by atoms with Crippen molar-refractivity contribution >= 4 is 16.6 Å². The van der Waals surface area contributed by atoms with E-state index in [-0.39, 0.29) is 6.67 Å². The molecule has 2 heterocycles. The van der Waals surface area contributed by atoms with Crippen LogP contribution in [-0.4, -0.2) is 49.3 Å². The summed E-state index contributed by atoms with van der Waals surface area (Å²) < 4.78 is 12.3. The molecule has 3 nitrogen and oxygen atoms in total. The van der Waals surface area contributed by atoms with Crippen molar-refractivity contribution < 1.29 is 4.39 Å². The van der Waals surface area contributed by atoms with Crippen LogP contribution < -0.4 is 4.90 Å². The van der Waals surface area contributed by atoms with Crippen LogP contribution in [0.2, 0.25) is 0 Å². The third-order valence-electron chi connectivity index (χ3n) is 5.67. The second kappa shape index (κ2) is 8.70. The topological polar surface area (TPSA) is 19.4 Å². The van der Waals surface area contributed by atoms with Crippen molar-refractivity contribution in [1.82, 2.24) is 9.88 Å². The fourth-order valence-electron chi connectivity index (χ4n) is 3.91. The molecule has 4 heteroatoms. The SMILES string of the molecule is CCc1ccc2nc(-c3ccc(N4CCN(CCCF)CC4)cc3)ccc2c1. The summed E-state index contributed by atoms with van der Waals surface area (Å²) in [5.74, 6) is 0. The van der Waals surface area contributed by atoms with Crippen LogP contribution in [0.25, 0.3) is 22.2 Å². The van der Waals surface area contributed by atoms with Crippen LogP contribution in [0.5, 0.6) is 0 Å². The molecule has 0 saturated carbocycles. The van der Waals surface area contributed by atoms with Gasteiger partial charge in [0.1, 0.15) is 0 Å². The molecule has 0 radical (unpaired) electrons. The summed E-state index contributed by atoms with van der Waals surface area (Å²) in [5, 5.41) is 1.20. The van der Waals surface area contributed by atoms with E-state index < -0.39 is 0 Å². The Morgan fingerprint density at radius 1 is 0.929 bits per heavy atom. The normalized spacial score (nSPS) is 15.3. The Balaban J connectivity index is 1.45. The number of fused-ring (bicyclic) bond motifs is 1. The maximum Gasteiger partial charge on any atom is 0.0906 e. The summed E-state index contributed by atoms with van der Waals surface area (Å²) in [4.78, 5) is 9.62.